The predicted octanol–water partition coefficient (Wildman–Crippen LogP) is 3.52. The number of fused-ring (bicyclic) bond motifs is 1. The molecule has 0 amide bonds. The second-order valence-corrected chi connectivity index (χ2v) is 5.52. The Kier molecular flexibility index (Phi) is 5.06. The predicted molar refractivity (Wildman–Crippen MR) is 84.3 cm³/mol. The topological polar surface area (TPSA) is 23.5 Å². The van der Waals surface area contributed by atoms with E-state index < -0.39 is 0 Å². The number of benzene rings is 1. The van der Waals surface area contributed by atoms with Crippen LogP contribution in [0.1, 0.15) is 24.5 Å². The van der Waals surface area contributed by atoms with Crippen LogP contribution in [0.3, 0.4) is 0 Å². The van der Waals surface area contributed by atoms with Crippen molar-refractivity contribution in [3.8, 4) is 5.75 Å². The van der Waals surface area contributed by atoms with Gasteiger partial charge in [-0.05, 0) is 53.1 Å². The molecule has 1 aromatic rings. The second-order valence-electron chi connectivity index (χ2n) is 4.80. The lowest BCUT2D eigenvalue weighted by atomic mass is 9.87. The summed E-state index contributed by atoms with van der Waals surface area (Å²) in [5, 5.41) is 9.59. The largest absolute Gasteiger partial charge is 0.508 e. The number of phenolic OH excluding ortho intramolecular Hbond substituents is 1. The number of nitrogens with zero attached hydrogens (tertiary/aromatic N) is 1. The van der Waals surface area contributed by atoms with Crippen molar-refractivity contribution in [1.29, 1.82) is 0 Å². The number of phenols is 1. The molecule has 1 atom stereocenters. The van der Waals surface area contributed by atoms with Crippen molar-refractivity contribution >= 4 is 22.6 Å². The smallest absolute Gasteiger partial charge is 0.115 e. The summed E-state index contributed by atoms with van der Waals surface area (Å²) in [6.45, 7) is 4.33. The molecule has 0 aliphatic heterocycles. The monoisotopic (exact) mass is 357 g/mol. The molecule has 1 aliphatic rings. The Bertz CT molecular complexity index is 431. The van der Waals surface area contributed by atoms with E-state index in [0.29, 0.717) is 11.8 Å². The van der Waals surface area contributed by atoms with Crippen LogP contribution < -0.4 is 0 Å². The molecule has 0 fully saturated rings. The number of aromatic hydroxyl groups is 1. The van der Waals surface area contributed by atoms with Crippen molar-refractivity contribution in [2.45, 2.75) is 32.2 Å². The second kappa shape index (κ2) is 6.57. The van der Waals surface area contributed by atoms with Gasteiger partial charge in [-0.15, -0.1) is 0 Å². The van der Waals surface area contributed by atoms with Crippen molar-refractivity contribution in [3.63, 3.8) is 0 Å². The van der Waals surface area contributed by atoms with Crippen molar-refractivity contribution in [3.05, 3.63) is 39.5 Å². The molecule has 1 N–H and O–H groups in total. The molecule has 1 aromatic carbocycles. The minimum atomic E-state index is 0.393. The van der Waals surface area contributed by atoms with Gasteiger partial charge in [-0.2, -0.15) is 0 Å². The molecule has 18 heavy (non-hydrogen) atoms. The maximum absolute atomic E-state index is 9.59. The molecule has 98 valence electrons. The van der Waals surface area contributed by atoms with E-state index in [1.807, 2.05) is 6.07 Å². The highest BCUT2D eigenvalue weighted by molar-refractivity contribution is 14.1. The lowest BCUT2D eigenvalue weighted by molar-refractivity contribution is 0.209. The quantitative estimate of drug-likeness (QED) is 0.834. The molecule has 3 heteroatoms. The molecular weight excluding hydrogens is 337 g/mol. The third-order valence-corrected chi connectivity index (χ3v) is 4.25. The lowest BCUT2D eigenvalue weighted by Crippen LogP contribution is -2.39. The van der Waals surface area contributed by atoms with Gasteiger partial charge in [0.05, 0.1) is 0 Å². The molecule has 0 saturated carbocycles. The Hall–Kier alpha value is -0.550. The zero-order valence-corrected chi connectivity index (χ0v) is 12.9. The van der Waals surface area contributed by atoms with E-state index in [0.717, 1.165) is 25.9 Å². The zero-order chi connectivity index (χ0) is 13.0. The van der Waals surface area contributed by atoms with Gasteiger partial charge in [0.1, 0.15) is 5.75 Å². The maximum Gasteiger partial charge on any atom is 0.115 e. The van der Waals surface area contributed by atoms with Gasteiger partial charge >= 0.3 is 0 Å². The minimum absolute atomic E-state index is 0.393. The fraction of sp³-hybridized carbons (Fsp3) is 0.467. The SMILES string of the molecule is CCN(C/C=C/I)[C@H]1CCc2ccc(O)cc2C1. The van der Waals surface area contributed by atoms with E-state index >= 15 is 0 Å². The Labute approximate surface area is 123 Å². The third kappa shape index (κ3) is 3.26. The molecule has 0 bridgehead atoms. The summed E-state index contributed by atoms with van der Waals surface area (Å²) in [5.74, 6) is 0.393. The molecule has 0 unspecified atom stereocenters. The van der Waals surface area contributed by atoms with Crippen LogP contribution in [0.2, 0.25) is 0 Å². The van der Waals surface area contributed by atoms with Crippen LogP contribution in [0.5, 0.6) is 5.75 Å². The summed E-state index contributed by atoms with van der Waals surface area (Å²) < 4.78 is 2.09. The first kappa shape index (κ1) is 13.9. The first-order valence-corrected chi connectivity index (χ1v) is 7.79. The third-order valence-electron chi connectivity index (χ3n) is 3.74. The van der Waals surface area contributed by atoms with E-state index in [1.165, 1.54) is 17.5 Å². The fourth-order valence-corrected chi connectivity index (χ4v) is 2.97. The summed E-state index contributed by atoms with van der Waals surface area (Å²) in [4.78, 5) is 2.52. The number of rotatable bonds is 4. The van der Waals surface area contributed by atoms with Crippen molar-refractivity contribution < 1.29 is 5.11 Å². The van der Waals surface area contributed by atoms with E-state index in [4.69, 9.17) is 0 Å². The molecule has 2 rings (SSSR count). The number of aryl methyl sites for hydroxylation is 1. The van der Waals surface area contributed by atoms with Crippen LogP contribution in [0.4, 0.5) is 0 Å². The Morgan fingerprint density at radius 3 is 3.00 bits per heavy atom. The molecule has 0 heterocycles. The van der Waals surface area contributed by atoms with Gasteiger partial charge in [-0.1, -0.05) is 41.7 Å². The molecule has 1 aliphatic carbocycles. The van der Waals surface area contributed by atoms with Crippen molar-refractivity contribution in [2.75, 3.05) is 13.1 Å². The van der Waals surface area contributed by atoms with Gasteiger partial charge in [0.25, 0.3) is 0 Å². The molecule has 0 spiro atoms. The number of likely N-dealkylation sites (N-methyl/N-ethyl adjacent to an activating group) is 1. The minimum Gasteiger partial charge on any atom is -0.508 e. The summed E-state index contributed by atoms with van der Waals surface area (Å²) in [6, 6.07) is 6.41. The lowest BCUT2D eigenvalue weighted by Gasteiger charge is -2.33. The molecule has 0 radical (unpaired) electrons. The molecule has 0 aromatic heterocycles. The Morgan fingerprint density at radius 1 is 1.44 bits per heavy atom. The maximum atomic E-state index is 9.59. The number of hydrogen-bond donors (Lipinski definition) is 1. The van der Waals surface area contributed by atoms with E-state index in [1.54, 1.807) is 6.07 Å². The standard InChI is InChI=1S/C15H20INO/c1-2-17(9-3-8-16)14-6-4-12-5-7-15(18)11-13(12)10-14/h3,5,7-8,11,14,18H,2,4,6,9-10H2,1H3/b8-3+/t14-/m0/s1. The summed E-state index contributed by atoms with van der Waals surface area (Å²) >= 11 is 2.27. The van der Waals surface area contributed by atoms with Gasteiger partial charge in [0, 0.05) is 12.6 Å². The van der Waals surface area contributed by atoms with Crippen LogP contribution in [-0.2, 0) is 12.8 Å². The van der Waals surface area contributed by atoms with Crippen molar-refractivity contribution in [2.24, 2.45) is 0 Å². The highest BCUT2D eigenvalue weighted by atomic mass is 127. The van der Waals surface area contributed by atoms with Gasteiger partial charge in [-0.3, -0.25) is 4.90 Å². The van der Waals surface area contributed by atoms with Crippen LogP contribution >= 0.6 is 22.6 Å². The van der Waals surface area contributed by atoms with E-state index in [-0.39, 0.29) is 0 Å². The van der Waals surface area contributed by atoms with Crippen LogP contribution in [0.25, 0.3) is 0 Å². The highest BCUT2D eigenvalue weighted by Gasteiger charge is 2.22. The Balaban J connectivity index is 2.10. The van der Waals surface area contributed by atoms with Crippen LogP contribution in [0.15, 0.2) is 28.4 Å². The molecule has 2 nitrogen and oxygen atoms in total. The van der Waals surface area contributed by atoms with E-state index in [2.05, 4.69) is 50.6 Å². The summed E-state index contributed by atoms with van der Waals surface area (Å²) in [5.41, 5.74) is 2.73. The van der Waals surface area contributed by atoms with Crippen LogP contribution in [0, 0.1) is 0 Å². The fourth-order valence-electron chi connectivity index (χ4n) is 2.75. The Morgan fingerprint density at radius 2 is 2.28 bits per heavy atom. The number of halogens is 1. The zero-order valence-electron chi connectivity index (χ0n) is 10.8. The average Bonchev–Trinajstić information content (AvgIpc) is 2.39. The summed E-state index contributed by atoms with van der Waals surface area (Å²) in [6.07, 6.45) is 5.63. The number of hydrogen-bond acceptors (Lipinski definition) is 2. The van der Waals surface area contributed by atoms with Crippen molar-refractivity contribution in [1.82, 2.24) is 4.90 Å². The normalized spacial score (nSPS) is 19.4. The van der Waals surface area contributed by atoms with Crippen LogP contribution in [-0.4, -0.2) is 29.1 Å². The van der Waals surface area contributed by atoms with Gasteiger partial charge in [0.15, 0.2) is 0 Å². The van der Waals surface area contributed by atoms with E-state index in [9.17, 15) is 5.11 Å². The first-order valence-electron chi connectivity index (χ1n) is 6.54. The summed E-state index contributed by atoms with van der Waals surface area (Å²) in [7, 11) is 0. The first-order chi connectivity index (χ1) is 8.74. The van der Waals surface area contributed by atoms with Gasteiger partial charge < -0.3 is 5.11 Å². The van der Waals surface area contributed by atoms with Gasteiger partial charge in [-0.25, -0.2) is 0 Å². The molecule has 0 saturated heterocycles. The molecular formula is C15H20INO. The van der Waals surface area contributed by atoms with Gasteiger partial charge in [0.2, 0.25) is 0 Å². The highest BCUT2D eigenvalue weighted by Crippen LogP contribution is 2.27. The average molecular weight is 357 g/mol.